The highest BCUT2D eigenvalue weighted by atomic mass is 32.1. The van der Waals surface area contributed by atoms with E-state index >= 15 is 0 Å². The Morgan fingerprint density at radius 1 is 0.245 bits per heavy atom. The second kappa shape index (κ2) is 33.6. The Hall–Kier alpha value is -6.82. The Morgan fingerprint density at radius 2 is 0.566 bits per heavy atom. The largest absolute Gasteiger partial charge is 0.508 e. The van der Waals surface area contributed by atoms with Crippen LogP contribution in [-0.4, -0.2) is 5.11 Å². The van der Waals surface area contributed by atoms with Crippen molar-refractivity contribution in [3.8, 4) is 71.1 Å². The SMILES string of the molecule is CCCCCCCCC1(CCCCCCCC)c2cc(C)ccc2-c2cc3cc4c(cc3cc21)-c1ccc(-c2cc3cc5sc(-c6ccc7c(c6)C(CCCCC)(CCCCC)c6cc(-c8ccc9c(c8)sc8cc(O)ccc89)ccc6-7)cc5cc3s2)cc1C4(CCCCCCCC)CCCCCCCC. The summed E-state index contributed by atoms with van der Waals surface area (Å²) in [5, 5.41) is 18.5. The molecule has 0 atom stereocenters. The van der Waals surface area contributed by atoms with Crippen LogP contribution in [0.3, 0.4) is 0 Å². The van der Waals surface area contributed by atoms with Crippen molar-refractivity contribution < 1.29 is 5.11 Å². The van der Waals surface area contributed by atoms with E-state index in [4.69, 9.17) is 0 Å². The highest BCUT2D eigenvalue weighted by molar-refractivity contribution is 7.26. The molecule has 3 aliphatic rings. The lowest BCUT2D eigenvalue weighted by atomic mass is 9.69. The van der Waals surface area contributed by atoms with Crippen LogP contribution in [0.4, 0.5) is 0 Å². The van der Waals surface area contributed by atoms with E-state index in [-0.39, 0.29) is 16.2 Å². The van der Waals surface area contributed by atoms with Crippen molar-refractivity contribution in [1.29, 1.82) is 0 Å². The van der Waals surface area contributed by atoms with E-state index in [1.807, 2.05) is 34.8 Å². The van der Waals surface area contributed by atoms with Crippen molar-refractivity contribution in [2.24, 2.45) is 0 Å². The molecule has 0 saturated heterocycles. The van der Waals surface area contributed by atoms with E-state index in [1.54, 1.807) is 39.2 Å². The number of aromatic hydroxyl groups is 1. The monoisotopic (exact) mass is 1460 g/mol. The number of aryl methyl sites for hydroxylation is 1. The van der Waals surface area contributed by atoms with Gasteiger partial charge >= 0.3 is 0 Å². The van der Waals surface area contributed by atoms with Crippen molar-refractivity contribution in [3.05, 3.63) is 197 Å². The number of thiophene rings is 3. The highest BCUT2D eigenvalue weighted by Gasteiger charge is 2.47. The van der Waals surface area contributed by atoms with Gasteiger partial charge in [0.05, 0.1) is 0 Å². The zero-order valence-corrected chi connectivity index (χ0v) is 68.1. The summed E-state index contributed by atoms with van der Waals surface area (Å²) in [5.41, 5.74) is 25.2. The van der Waals surface area contributed by atoms with Crippen LogP contribution in [0.2, 0.25) is 0 Å². The van der Waals surface area contributed by atoms with Crippen LogP contribution in [-0.2, 0) is 16.2 Å². The molecule has 0 spiro atoms. The molecule has 12 aromatic rings. The Balaban J connectivity index is 0.785. The average Bonchev–Trinajstić information content (AvgIpc) is 1.55. The molecule has 0 saturated carbocycles. The first-order valence-corrected chi connectivity index (χ1v) is 45.3. The Morgan fingerprint density at radius 3 is 1.01 bits per heavy atom. The summed E-state index contributed by atoms with van der Waals surface area (Å²) in [7, 11) is 0. The Kier molecular flexibility index (Phi) is 23.6. The molecular weight excluding hydrogens is 1340 g/mol. The molecule has 3 aliphatic carbocycles. The fourth-order valence-electron chi connectivity index (χ4n) is 20.3. The number of hydrogen-bond donors (Lipinski definition) is 1. The van der Waals surface area contributed by atoms with Crippen LogP contribution >= 0.6 is 34.0 Å². The van der Waals surface area contributed by atoms with E-state index in [2.05, 4.69) is 194 Å². The lowest BCUT2D eigenvalue weighted by Gasteiger charge is -2.34. The summed E-state index contributed by atoms with van der Waals surface area (Å²) in [6.07, 6.45) is 46.6. The molecule has 106 heavy (non-hydrogen) atoms. The normalized spacial score (nSPS) is 14.3. The highest BCUT2D eigenvalue weighted by Crippen LogP contribution is 2.61. The number of hydrogen-bond acceptors (Lipinski definition) is 4. The van der Waals surface area contributed by atoms with E-state index in [0.717, 1.165) is 4.70 Å². The first-order valence-electron chi connectivity index (χ1n) is 42.9. The third kappa shape index (κ3) is 14.7. The molecule has 0 fully saturated rings. The van der Waals surface area contributed by atoms with E-state index in [1.165, 1.54) is 354 Å². The minimum Gasteiger partial charge on any atom is -0.508 e. The van der Waals surface area contributed by atoms with Gasteiger partial charge in [-0.1, -0.05) is 306 Å². The van der Waals surface area contributed by atoms with Gasteiger partial charge in [0.25, 0.3) is 0 Å². The predicted octanol–water partition coefficient (Wildman–Crippen LogP) is 33.6. The maximum absolute atomic E-state index is 10.4. The van der Waals surface area contributed by atoms with Gasteiger partial charge in [-0.05, 0) is 247 Å². The maximum Gasteiger partial charge on any atom is 0.117 e. The first-order chi connectivity index (χ1) is 52.0. The second-order valence-electron chi connectivity index (χ2n) is 33.3. The van der Waals surface area contributed by atoms with Gasteiger partial charge in [-0.2, -0.15) is 0 Å². The van der Waals surface area contributed by atoms with E-state index in [9.17, 15) is 5.11 Å². The van der Waals surface area contributed by atoms with Crippen LogP contribution in [0.15, 0.2) is 158 Å². The Labute approximate surface area is 649 Å². The lowest BCUT2D eigenvalue weighted by molar-refractivity contribution is 0.397. The van der Waals surface area contributed by atoms with Gasteiger partial charge in [0.2, 0.25) is 0 Å². The molecule has 9 aromatic carbocycles. The summed E-state index contributed by atoms with van der Waals surface area (Å²) in [5.74, 6) is 0.330. The summed E-state index contributed by atoms with van der Waals surface area (Å²) < 4.78 is 5.17. The maximum atomic E-state index is 10.4. The molecule has 0 aliphatic heterocycles. The van der Waals surface area contributed by atoms with E-state index < -0.39 is 0 Å². The summed E-state index contributed by atoms with van der Waals surface area (Å²) in [6, 6.07) is 64.4. The van der Waals surface area contributed by atoms with Crippen molar-refractivity contribution in [2.45, 2.75) is 296 Å². The topological polar surface area (TPSA) is 20.2 Å². The van der Waals surface area contributed by atoms with Gasteiger partial charge in [0, 0.05) is 55.6 Å². The average molecular weight is 1460 g/mol. The summed E-state index contributed by atoms with van der Waals surface area (Å²) in [6.45, 7) is 16.5. The lowest BCUT2D eigenvalue weighted by Crippen LogP contribution is -2.26. The van der Waals surface area contributed by atoms with Gasteiger partial charge in [-0.15, -0.1) is 34.0 Å². The molecule has 0 radical (unpaired) electrons. The number of rotatable bonds is 39. The Bertz CT molecular complexity index is 4960. The second-order valence-corrected chi connectivity index (χ2v) is 36.6. The van der Waals surface area contributed by atoms with Crippen molar-refractivity contribution in [2.75, 3.05) is 0 Å². The van der Waals surface area contributed by atoms with Gasteiger partial charge in [-0.25, -0.2) is 0 Å². The van der Waals surface area contributed by atoms with Gasteiger partial charge in [-0.3, -0.25) is 0 Å². The van der Waals surface area contributed by atoms with Crippen molar-refractivity contribution in [3.63, 3.8) is 0 Å². The molecular formula is C102H120OS3. The third-order valence-electron chi connectivity index (χ3n) is 26.1. The van der Waals surface area contributed by atoms with Gasteiger partial charge in [0.15, 0.2) is 0 Å². The fraction of sp³-hybridized carbons (Fsp3) is 0.451. The fourth-order valence-corrected chi connectivity index (χ4v) is 23.7. The molecule has 1 N–H and O–H groups in total. The molecule has 3 heterocycles. The molecule has 552 valence electrons. The number of fused-ring (bicyclic) bond motifs is 15. The van der Waals surface area contributed by atoms with Gasteiger partial charge < -0.3 is 5.11 Å². The smallest absolute Gasteiger partial charge is 0.117 e. The van der Waals surface area contributed by atoms with Crippen molar-refractivity contribution >= 4 is 85.1 Å². The van der Waals surface area contributed by atoms with Crippen LogP contribution < -0.4 is 0 Å². The van der Waals surface area contributed by atoms with Crippen LogP contribution in [0.1, 0.15) is 312 Å². The van der Waals surface area contributed by atoms with Crippen LogP contribution in [0.5, 0.6) is 5.75 Å². The van der Waals surface area contributed by atoms with Crippen LogP contribution in [0.25, 0.3) is 117 Å². The number of benzene rings is 9. The molecule has 3 aromatic heterocycles. The summed E-state index contributed by atoms with van der Waals surface area (Å²) in [4.78, 5) is 2.77. The molecule has 0 unspecified atom stereocenters. The number of phenols is 1. The molecule has 0 amide bonds. The quantitative estimate of drug-likeness (QED) is 0.0381. The third-order valence-corrected chi connectivity index (χ3v) is 29.5. The zero-order valence-electron chi connectivity index (χ0n) is 65.6. The molecule has 4 heteroatoms. The van der Waals surface area contributed by atoms with E-state index in [0.29, 0.717) is 5.75 Å². The minimum atomic E-state index is -0.0491. The molecule has 1 nitrogen and oxygen atoms in total. The zero-order chi connectivity index (χ0) is 72.8. The number of unbranched alkanes of at least 4 members (excludes halogenated alkanes) is 24. The van der Waals surface area contributed by atoms with Crippen LogP contribution in [0, 0.1) is 6.92 Å². The molecule has 0 bridgehead atoms. The van der Waals surface area contributed by atoms with Gasteiger partial charge in [0.1, 0.15) is 5.75 Å². The molecule has 15 rings (SSSR count). The predicted molar refractivity (Wildman–Crippen MR) is 469 cm³/mol. The first kappa shape index (κ1) is 74.6. The minimum absolute atomic E-state index is 0.0371. The standard InChI is InChI=1S/C102H120OS3/c1-8-14-20-24-28-34-52-100(53-35-29-25-21-15-9-2)88-56-70(7)38-44-82(88)86-57-75-63-93-87(58-76(75)62-92(86)100)83-47-42-74(61-91(83)102(93,54-36-30-26-22-16-10-3)55-37-31-27-23-17-11-4)95-66-78-68-96-77(67-97(78)105-95)65-94(104-96)73-41-46-81-80-45-39-71(72-40-48-84-85-49-43-79(103)69-99(85)106-98(84)64-72)59-89(80)101(90(81)60-73,50-32-18-12-5)51-33-19-13-6/h38-49,56-69,103H,8-37,50-55H2,1-7H3. The summed E-state index contributed by atoms with van der Waals surface area (Å²) >= 11 is 5.79. The number of phenolic OH excluding ortho intramolecular Hbond substituents is 1. The van der Waals surface area contributed by atoms with Crippen molar-refractivity contribution in [1.82, 2.24) is 0 Å².